The van der Waals surface area contributed by atoms with E-state index in [2.05, 4.69) is 26.8 Å². The SMILES string of the molecule is CC1OC(OC2C(OC3CCC4(C)C(=CCC5C4CCC4(C)C5CC5OC6(CCC(C)(COC7OC(CO)C(O)C(O)C7OC7OC(CO)C(O)C(O)C7O)O6)C(C)C54)C3)OC(CO)C(O)C2O)C(O)C(O)C1O. The molecule has 1 spiro atoms. The van der Waals surface area contributed by atoms with Crippen molar-refractivity contribution in [1.29, 1.82) is 0 Å². The highest BCUT2D eigenvalue weighted by molar-refractivity contribution is 5.27. The number of hydrogen-bond donors (Lipinski definition) is 13. The summed E-state index contributed by atoms with van der Waals surface area (Å²) in [5, 5.41) is 137. The third-order valence-electron chi connectivity index (χ3n) is 19.9. The summed E-state index contributed by atoms with van der Waals surface area (Å²) in [6, 6.07) is 0. The standard InChI is InChI=1S/C51H82O23/c1-20-31-27(73-51(20)13-12-48(3,74-51)19-65-46-42(38(61)34(57)29(17-53)69-46)71-45-41(64)37(60)33(56)28(16-52)68-45)15-26-24-7-6-22-14-23(8-10-49(22,4)25(24)9-11-50(26,31)5)67-47-43(39(62)35(58)30(18-54)70-47)72-44-40(63)36(59)32(55)21(2)66-44/h6,20-21,23-47,52-64H,7-19H2,1-5H3. The molecule has 10 rings (SSSR count). The second-order valence-corrected chi connectivity index (χ2v) is 24.2. The second-order valence-electron chi connectivity index (χ2n) is 24.2. The van der Waals surface area contributed by atoms with Gasteiger partial charge in [0.15, 0.2) is 30.9 Å². The van der Waals surface area contributed by atoms with Gasteiger partial charge in [-0.2, -0.15) is 0 Å². The molecule has 0 aromatic carbocycles. The van der Waals surface area contributed by atoms with E-state index >= 15 is 0 Å². The average Bonchev–Trinajstić information content (AvgIpc) is 4.02. The van der Waals surface area contributed by atoms with Crippen molar-refractivity contribution in [3.63, 3.8) is 0 Å². The predicted octanol–water partition coefficient (Wildman–Crippen LogP) is -2.85. The summed E-state index contributed by atoms with van der Waals surface area (Å²) in [6.45, 7) is 8.41. The van der Waals surface area contributed by atoms with Crippen LogP contribution >= 0.6 is 0 Å². The number of allylic oxidation sites excluding steroid dienone is 1. The van der Waals surface area contributed by atoms with Crippen molar-refractivity contribution in [2.24, 2.45) is 40.4 Å². The Labute approximate surface area is 430 Å². The van der Waals surface area contributed by atoms with Crippen molar-refractivity contribution in [2.45, 2.75) is 239 Å². The largest absolute Gasteiger partial charge is 0.394 e. The molecular weight excluding hydrogens is 981 g/mol. The number of aliphatic hydroxyl groups is 13. The first-order valence-corrected chi connectivity index (χ1v) is 26.9. The summed E-state index contributed by atoms with van der Waals surface area (Å²) in [4.78, 5) is 0. The topological polar surface area (TPSA) is 355 Å². The first-order valence-electron chi connectivity index (χ1n) is 26.9. The van der Waals surface area contributed by atoms with Gasteiger partial charge in [0.2, 0.25) is 0 Å². The number of hydrogen-bond acceptors (Lipinski definition) is 23. The van der Waals surface area contributed by atoms with E-state index in [0.717, 1.165) is 32.1 Å². The molecule has 13 N–H and O–H groups in total. The fraction of sp³-hybridized carbons (Fsp3) is 0.961. The van der Waals surface area contributed by atoms with Gasteiger partial charge >= 0.3 is 0 Å². The van der Waals surface area contributed by atoms with E-state index in [9.17, 15) is 66.4 Å². The monoisotopic (exact) mass is 1060 g/mol. The molecule has 23 heteroatoms. The second kappa shape index (κ2) is 21.0. The van der Waals surface area contributed by atoms with Crippen LogP contribution in [0.1, 0.15) is 92.4 Å². The molecule has 0 aromatic heterocycles. The maximum absolute atomic E-state index is 11.2. The fourth-order valence-electron chi connectivity index (χ4n) is 15.6. The zero-order valence-electron chi connectivity index (χ0n) is 42.8. The molecular formula is C51H82O23. The molecule has 74 heavy (non-hydrogen) atoms. The molecule has 424 valence electrons. The normalized spacial score (nSPS) is 57.4. The Balaban J connectivity index is 0.783. The van der Waals surface area contributed by atoms with Gasteiger partial charge in [-0.05, 0) is 99.7 Å². The minimum Gasteiger partial charge on any atom is -0.394 e. The van der Waals surface area contributed by atoms with E-state index in [0.29, 0.717) is 43.4 Å². The van der Waals surface area contributed by atoms with Crippen molar-refractivity contribution in [1.82, 2.24) is 0 Å². The quantitative estimate of drug-likeness (QED) is 0.0875. The fourth-order valence-corrected chi connectivity index (χ4v) is 15.6. The van der Waals surface area contributed by atoms with Gasteiger partial charge in [0.25, 0.3) is 0 Å². The van der Waals surface area contributed by atoms with Gasteiger partial charge in [-0.3, -0.25) is 0 Å². The Hall–Kier alpha value is -1.18. The summed E-state index contributed by atoms with van der Waals surface area (Å²) in [5.74, 6) is 0.588. The lowest BCUT2D eigenvalue weighted by Crippen LogP contribution is -2.65. The van der Waals surface area contributed by atoms with Crippen LogP contribution in [0.2, 0.25) is 0 Å². The molecule has 6 heterocycles. The van der Waals surface area contributed by atoms with Gasteiger partial charge in [-0.1, -0.05) is 32.4 Å². The van der Waals surface area contributed by atoms with Crippen LogP contribution in [-0.2, 0) is 47.4 Å². The Morgan fingerprint density at radius 3 is 1.78 bits per heavy atom. The van der Waals surface area contributed by atoms with Crippen LogP contribution in [-0.4, -0.2) is 239 Å². The Kier molecular flexibility index (Phi) is 16.0. The Morgan fingerprint density at radius 1 is 0.581 bits per heavy atom. The zero-order chi connectivity index (χ0) is 53.1. The Bertz CT molecular complexity index is 1990. The van der Waals surface area contributed by atoms with Crippen LogP contribution in [0, 0.1) is 40.4 Å². The third kappa shape index (κ3) is 9.38. The lowest BCUT2D eigenvalue weighted by Gasteiger charge is -2.58. The first-order chi connectivity index (χ1) is 35.0. The third-order valence-corrected chi connectivity index (χ3v) is 19.9. The van der Waals surface area contributed by atoms with E-state index in [1.807, 2.05) is 6.92 Å². The molecule has 4 aliphatic carbocycles. The summed E-state index contributed by atoms with van der Waals surface area (Å²) in [6.07, 6.45) is -20.6. The Morgan fingerprint density at radius 2 is 1.15 bits per heavy atom. The molecule has 0 amide bonds. The first kappa shape index (κ1) is 56.1. The highest BCUT2D eigenvalue weighted by atomic mass is 16.8. The highest BCUT2D eigenvalue weighted by Crippen LogP contribution is 2.71. The summed E-state index contributed by atoms with van der Waals surface area (Å²) in [5.41, 5.74) is 0.267. The molecule has 3 saturated carbocycles. The highest BCUT2D eigenvalue weighted by Gasteiger charge is 2.70. The van der Waals surface area contributed by atoms with Gasteiger partial charge in [-0.25, -0.2) is 0 Å². The molecule has 10 aliphatic rings. The van der Waals surface area contributed by atoms with E-state index < -0.39 is 154 Å². The van der Waals surface area contributed by atoms with Crippen LogP contribution in [0.5, 0.6) is 0 Å². The van der Waals surface area contributed by atoms with E-state index in [1.165, 1.54) is 12.5 Å². The smallest absolute Gasteiger partial charge is 0.187 e. The van der Waals surface area contributed by atoms with Crippen molar-refractivity contribution in [3.05, 3.63) is 11.6 Å². The zero-order valence-corrected chi connectivity index (χ0v) is 42.8. The van der Waals surface area contributed by atoms with Gasteiger partial charge in [-0.15, -0.1) is 0 Å². The summed E-state index contributed by atoms with van der Waals surface area (Å²) in [7, 11) is 0. The summed E-state index contributed by atoms with van der Waals surface area (Å²) < 4.78 is 61.9. The van der Waals surface area contributed by atoms with Gasteiger partial charge < -0.3 is 114 Å². The van der Waals surface area contributed by atoms with Gasteiger partial charge in [0.05, 0.1) is 50.3 Å². The van der Waals surface area contributed by atoms with Crippen LogP contribution in [0.3, 0.4) is 0 Å². The molecule has 23 nitrogen and oxygen atoms in total. The van der Waals surface area contributed by atoms with Crippen LogP contribution in [0.4, 0.5) is 0 Å². The van der Waals surface area contributed by atoms with Crippen molar-refractivity contribution in [2.75, 3.05) is 26.4 Å². The lowest BCUT2D eigenvalue weighted by atomic mass is 9.47. The number of rotatable bonds is 12. The maximum Gasteiger partial charge on any atom is 0.187 e. The predicted molar refractivity (Wildman–Crippen MR) is 248 cm³/mol. The van der Waals surface area contributed by atoms with E-state index in [4.69, 9.17) is 47.4 Å². The van der Waals surface area contributed by atoms with Crippen molar-refractivity contribution in [3.8, 4) is 0 Å². The molecule has 31 atom stereocenters. The molecule has 0 radical (unpaired) electrons. The summed E-state index contributed by atoms with van der Waals surface area (Å²) >= 11 is 0. The number of aliphatic hydroxyl groups excluding tert-OH is 13. The molecule has 31 unspecified atom stereocenters. The average molecular weight is 1060 g/mol. The molecule has 6 saturated heterocycles. The van der Waals surface area contributed by atoms with Gasteiger partial charge in [0.1, 0.15) is 91.6 Å². The number of fused-ring (bicyclic) bond motifs is 7. The molecule has 9 fully saturated rings. The van der Waals surface area contributed by atoms with Crippen LogP contribution < -0.4 is 0 Å². The van der Waals surface area contributed by atoms with E-state index in [-0.39, 0.29) is 41.5 Å². The van der Waals surface area contributed by atoms with Gasteiger partial charge in [0, 0.05) is 12.3 Å². The molecule has 0 bridgehead atoms. The molecule has 6 aliphatic heterocycles. The van der Waals surface area contributed by atoms with Crippen molar-refractivity contribution >= 4 is 0 Å². The minimum atomic E-state index is -1.80. The maximum atomic E-state index is 11.2. The minimum absolute atomic E-state index is 0.0237. The lowest BCUT2D eigenvalue weighted by molar-refractivity contribution is -0.371. The van der Waals surface area contributed by atoms with E-state index in [1.54, 1.807) is 0 Å². The molecule has 0 aromatic rings. The van der Waals surface area contributed by atoms with Crippen LogP contribution in [0.15, 0.2) is 11.6 Å². The number of ether oxygens (including phenoxy) is 10. The van der Waals surface area contributed by atoms with Crippen molar-refractivity contribution < 1.29 is 114 Å². The van der Waals surface area contributed by atoms with Crippen LogP contribution in [0.25, 0.3) is 0 Å².